The molecule has 1 nitrogen and oxygen atoms in total. The van der Waals surface area contributed by atoms with Gasteiger partial charge in [0.2, 0.25) is 0 Å². The smallest absolute Gasteiger partial charge is 0.0438 e. The van der Waals surface area contributed by atoms with Gasteiger partial charge in [0.15, 0.2) is 0 Å². The van der Waals surface area contributed by atoms with E-state index in [0.717, 1.165) is 17.5 Å². The molecule has 1 aromatic carbocycles. The van der Waals surface area contributed by atoms with Gasteiger partial charge in [-0.1, -0.05) is 23.7 Å². The predicted octanol–water partition coefficient (Wildman–Crippen LogP) is 2.90. The first kappa shape index (κ1) is 9.68. The van der Waals surface area contributed by atoms with Gasteiger partial charge in [0.1, 0.15) is 0 Å². The Labute approximate surface area is 95.8 Å². The van der Waals surface area contributed by atoms with Gasteiger partial charge in [0.25, 0.3) is 0 Å². The lowest BCUT2D eigenvalue weighted by Crippen LogP contribution is -2.31. The summed E-state index contributed by atoms with van der Waals surface area (Å²) in [7, 11) is 0. The van der Waals surface area contributed by atoms with Crippen LogP contribution in [0, 0.1) is 12.8 Å². The molecule has 15 heavy (non-hydrogen) atoms. The lowest BCUT2D eigenvalue weighted by Gasteiger charge is -2.23. The number of nitrogens with one attached hydrogen (secondary N) is 1. The molecule has 1 heterocycles. The Balaban J connectivity index is 1.96. The third-order valence-electron chi connectivity index (χ3n) is 4.12. The molecule has 2 fully saturated rings. The van der Waals surface area contributed by atoms with E-state index in [2.05, 4.69) is 30.4 Å². The third-order valence-corrected chi connectivity index (χ3v) is 4.52. The molecule has 2 unspecified atom stereocenters. The minimum Gasteiger partial charge on any atom is -0.316 e. The molecule has 0 spiro atoms. The molecule has 1 aliphatic heterocycles. The standard InChI is InChI=1S/C13H16ClN/c1-9-2-3-10(6-12(9)14)13-4-5-15-8-11(13)7-13/h2-3,6,11,15H,4-5,7-8H2,1H3. The topological polar surface area (TPSA) is 12.0 Å². The highest BCUT2D eigenvalue weighted by Gasteiger charge is 2.55. The van der Waals surface area contributed by atoms with Gasteiger partial charge < -0.3 is 5.32 Å². The van der Waals surface area contributed by atoms with Gasteiger partial charge in [-0.2, -0.15) is 0 Å². The van der Waals surface area contributed by atoms with Crippen LogP contribution in [-0.2, 0) is 5.41 Å². The van der Waals surface area contributed by atoms with Crippen molar-refractivity contribution >= 4 is 11.6 Å². The number of benzene rings is 1. The predicted molar refractivity (Wildman–Crippen MR) is 63.5 cm³/mol. The Hall–Kier alpha value is -0.530. The Bertz CT molecular complexity index is 402. The van der Waals surface area contributed by atoms with E-state index in [1.54, 1.807) is 0 Å². The van der Waals surface area contributed by atoms with Crippen molar-refractivity contribution in [3.63, 3.8) is 0 Å². The Morgan fingerprint density at radius 1 is 1.47 bits per heavy atom. The number of fused-ring (bicyclic) bond motifs is 1. The summed E-state index contributed by atoms with van der Waals surface area (Å²) >= 11 is 6.20. The molecule has 1 N–H and O–H groups in total. The number of piperidine rings is 1. The summed E-state index contributed by atoms with van der Waals surface area (Å²) in [5.41, 5.74) is 3.12. The van der Waals surface area contributed by atoms with Gasteiger partial charge >= 0.3 is 0 Å². The van der Waals surface area contributed by atoms with Crippen LogP contribution in [0.3, 0.4) is 0 Å². The molecule has 0 amide bonds. The van der Waals surface area contributed by atoms with Crippen LogP contribution >= 0.6 is 11.6 Å². The summed E-state index contributed by atoms with van der Waals surface area (Å²) in [6, 6.07) is 6.61. The Morgan fingerprint density at radius 3 is 3.07 bits per heavy atom. The lowest BCUT2D eigenvalue weighted by molar-refractivity contribution is 0.445. The van der Waals surface area contributed by atoms with Crippen molar-refractivity contribution in [1.29, 1.82) is 0 Å². The van der Waals surface area contributed by atoms with Crippen LogP contribution < -0.4 is 5.32 Å². The first-order valence-corrected chi connectivity index (χ1v) is 6.07. The molecule has 2 atom stereocenters. The fraction of sp³-hybridized carbons (Fsp3) is 0.538. The average molecular weight is 222 g/mol. The van der Waals surface area contributed by atoms with Crippen molar-refractivity contribution in [2.75, 3.05) is 13.1 Å². The van der Waals surface area contributed by atoms with Gasteiger partial charge in [-0.25, -0.2) is 0 Å². The van der Waals surface area contributed by atoms with E-state index >= 15 is 0 Å². The normalized spacial score (nSPS) is 33.6. The zero-order valence-electron chi connectivity index (χ0n) is 9.02. The molecule has 2 aliphatic rings. The largest absolute Gasteiger partial charge is 0.316 e. The third kappa shape index (κ3) is 1.41. The molecule has 3 rings (SSSR count). The molecule has 80 valence electrons. The summed E-state index contributed by atoms with van der Waals surface area (Å²) in [6.07, 6.45) is 2.62. The highest BCUT2D eigenvalue weighted by molar-refractivity contribution is 6.31. The van der Waals surface area contributed by atoms with Crippen molar-refractivity contribution in [1.82, 2.24) is 5.32 Å². The minimum absolute atomic E-state index is 0.475. The van der Waals surface area contributed by atoms with Crippen LogP contribution in [0.4, 0.5) is 0 Å². The zero-order valence-corrected chi connectivity index (χ0v) is 9.77. The van der Waals surface area contributed by atoms with Gasteiger partial charge in [0.05, 0.1) is 0 Å². The minimum atomic E-state index is 0.475. The number of rotatable bonds is 1. The molecule has 0 bridgehead atoms. The van der Waals surface area contributed by atoms with E-state index in [-0.39, 0.29) is 0 Å². The maximum atomic E-state index is 6.20. The number of hydrogen-bond donors (Lipinski definition) is 1. The van der Waals surface area contributed by atoms with E-state index in [9.17, 15) is 0 Å². The highest BCUT2D eigenvalue weighted by Crippen LogP contribution is 2.58. The fourth-order valence-corrected chi connectivity index (χ4v) is 3.12. The van der Waals surface area contributed by atoms with Crippen molar-refractivity contribution in [2.24, 2.45) is 5.92 Å². The van der Waals surface area contributed by atoms with Gasteiger partial charge in [0, 0.05) is 10.4 Å². The first-order chi connectivity index (χ1) is 7.22. The summed E-state index contributed by atoms with van der Waals surface area (Å²) in [5.74, 6) is 0.852. The van der Waals surface area contributed by atoms with Crippen LogP contribution in [-0.4, -0.2) is 13.1 Å². The molecular formula is C13H16ClN. The van der Waals surface area contributed by atoms with Crippen LogP contribution in [0.5, 0.6) is 0 Å². The maximum Gasteiger partial charge on any atom is 0.0438 e. The van der Waals surface area contributed by atoms with Crippen LogP contribution in [0.15, 0.2) is 18.2 Å². The van der Waals surface area contributed by atoms with Gasteiger partial charge in [-0.15, -0.1) is 0 Å². The second-order valence-electron chi connectivity index (χ2n) is 4.98. The Kier molecular flexibility index (Phi) is 2.08. The van der Waals surface area contributed by atoms with E-state index in [4.69, 9.17) is 11.6 Å². The van der Waals surface area contributed by atoms with Crippen LogP contribution in [0.2, 0.25) is 5.02 Å². The monoisotopic (exact) mass is 221 g/mol. The van der Waals surface area contributed by atoms with E-state index in [1.165, 1.54) is 30.5 Å². The van der Waals surface area contributed by atoms with Crippen molar-refractivity contribution in [2.45, 2.75) is 25.2 Å². The van der Waals surface area contributed by atoms with Crippen LogP contribution in [0.25, 0.3) is 0 Å². The zero-order chi connectivity index (χ0) is 10.5. The summed E-state index contributed by atoms with van der Waals surface area (Å²) < 4.78 is 0. The number of halogens is 1. The fourth-order valence-electron chi connectivity index (χ4n) is 2.94. The van der Waals surface area contributed by atoms with E-state index in [1.807, 2.05) is 0 Å². The molecule has 1 saturated carbocycles. The van der Waals surface area contributed by atoms with Crippen molar-refractivity contribution < 1.29 is 0 Å². The molecular weight excluding hydrogens is 206 g/mol. The molecule has 0 aromatic heterocycles. The Morgan fingerprint density at radius 2 is 2.33 bits per heavy atom. The quantitative estimate of drug-likeness (QED) is 0.769. The first-order valence-electron chi connectivity index (χ1n) is 5.70. The molecule has 1 aliphatic carbocycles. The average Bonchev–Trinajstić information content (AvgIpc) is 2.97. The molecule has 1 saturated heterocycles. The number of hydrogen-bond acceptors (Lipinski definition) is 1. The SMILES string of the molecule is Cc1ccc(C23CCNCC2C3)cc1Cl. The van der Waals surface area contributed by atoms with E-state index < -0.39 is 0 Å². The second-order valence-corrected chi connectivity index (χ2v) is 5.38. The van der Waals surface area contributed by atoms with Gasteiger partial charge in [-0.05, 0) is 56.0 Å². The van der Waals surface area contributed by atoms with Crippen molar-refractivity contribution in [3.8, 4) is 0 Å². The number of aryl methyl sites for hydroxylation is 1. The van der Waals surface area contributed by atoms with Crippen LogP contribution in [0.1, 0.15) is 24.0 Å². The lowest BCUT2D eigenvalue weighted by atomic mass is 9.87. The van der Waals surface area contributed by atoms with Gasteiger partial charge in [-0.3, -0.25) is 0 Å². The summed E-state index contributed by atoms with van der Waals surface area (Å²) in [6.45, 7) is 4.41. The second kappa shape index (κ2) is 3.23. The van der Waals surface area contributed by atoms with Crippen molar-refractivity contribution in [3.05, 3.63) is 34.3 Å². The molecule has 2 heteroatoms. The molecule has 1 aromatic rings. The maximum absolute atomic E-state index is 6.20. The summed E-state index contributed by atoms with van der Waals surface area (Å²) in [4.78, 5) is 0. The summed E-state index contributed by atoms with van der Waals surface area (Å²) in [5, 5.41) is 4.39. The van der Waals surface area contributed by atoms with E-state index in [0.29, 0.717) is 5.41 Å². The highest BCUT2D eigenvalue weighted by atomic mass is 35.5. The molecule has 0 radical (unpaired) electrons.